The third kappa shape index (κ3) is 3.20. The fourth-order valence-electron chi connectivity index (χ4n) is 2.10. The van der Waals surface area contributed by atoms with E-state index in [1.165, 1.54) is 17.8 Å². The first-order chi connectivity index (χ1) is 11.1. The molecule has 5 nitrogen and oxygen atoms in total. The standard InChI is InChI=1S/C16H12N2O3S2/c1-22-16-12(8-13(23-16)15(20)21)18-14(19)11-7-6-9-4-2-3-5-10(9)17-11/h2-8H,1H3,(H,18,19)(H,20,21). The van der Waals surface area contributed by atoms with E-state index in [-0.39, 0.29) is 10.8 Å². The number of carbonyl (C=O) groups excluding carboxylic acids is 1. The number of thioether (sulfide) groups is 1. The largest absolute Gasteiger partial charge is 0.477 e. The minimum atomic E-state index is -1.00. The van der Waals surface area contributed by atoms with Crippen molar-refractivity contribution in [1.29, 1.82) is 0 Å². The molecule has 2 heterocycles. The molecule has 1 aromatic carbocycles. The first-order valence-electron chi connectivity index (χ1n) is 6.67. The van der Waals surface area contributed by atoms with Crippen molar-refractivity contribution in [2.75, 3.05) is 11.6 Å². The number of carbonyl (C=O) groups is 2. The molecule has 0 fully saturated rings. The lowest BCUT2D eigenvalue weighted by molar-refractivity contribution is 0.0702. The summed E-state index contributed by atoms with van der Waals surface area (Å²) >= 11 is 2.53. The minimum absolute atomic E-state index is 0.191. The van der Waals surface area contributed by atoms with Gasteiger partial charge in [0.05, 0.1) is 15.4 Å². The number of fused-ring (bicyclic) bond motifs is 1. The van der Waals surface area contributed by atoms with Crippen molar-refractivity contribution in [2.45, 2.75) is 4.21 Å². The van der Waals surface area contributed by atoms with Crippen molar-refractivity contribution in [3.05, 3.63) is 53.0 Å². The summed E-state index contributed by atoms with van der Waals surface area (Å²) < 4.78 is 0.747. The van der Waals surface area contributed by atoms with E-state index in [4.69, 9.17) is 5.11 Å². The third-order valence-electron chi connectivity index (χ3n) is 3.17. The highest BCUT2D eigenvalue weighted by molar-refractivity contribution is 8.00. The molecule has 0 saturated carbocycles. The van der Waals surface area contributed by atoms with Gasteiger partial charge in [-0.1, -0.05) is 24.3 Å². The molecule has 2 N–H and O–H groups in total. The average Bonchev–Trinajstić information content (AvgIpc) is 2.97. The third-order valence-corrected chi connectivity index (χ3v) is 5.43. The minimum Gasteiger partial charge on any atom is -0.477 e. The molecule has 0 radical (unpaired) electrons. The number of hydrogen-bond donors (Lipinski definition) is 2. The zero-order chi connectivity index (χ0) is 16.4. The van der Waals surface area contributed by atoms with Crippen LogP contribution >= 0.6 is 23.1 Å². The topological polar surface area (TPSA) is 79.3 Å². The van der Waals surface area contributed by atoms with Gasteiger partial charge in [0.2, 0.25) is 0 Å². The smallest absolute Gasteiger partial charge is 0.345 e. The second kappa shape index (κ2) is 6.39. The summed E-state index contributed by atoms with van der Waals surface area (Å²) in [7, 11) is 0. The van der Waals surface area contributed by atoms with Gasteiger partial charge in [-0.15, -0.1) is 23.1 Å². The zero-order valence-corrected chi connectivity index (χ0v) is 13.7. The van der Waals surface area contributed by atoms with E-state index >= 15 is 0 Å². The normalized spacial score (nSPS) is 10.7. The number of nitrogens with zero attached hydrogens (tertiary/aromatic N) is 1. The molecule has 0 saturated heterocycles. The number of carboxylic acids is 1. The molecule has 7 heteroatoms. The lowest BCUT2D eigenvalue weighted by Crippen LogP contribution is -2.13. The summed E-state index contributed by atoms with van der Waals surface area (Å²) in [5.74, 6) is -1.37. The Balaban J connectivity index is 1.89. The molecule has 0 aliphatic rings. The summed E-state index contributed by atoms with van der Waals surface area (Å²) in [6.45, 7) is 0. The quantitative estimate of drug-likeness (QED) is 0.700. The number of carboxylic acid groups (broad SMARTS) is 1. The number of benzene rings is 1. The fraction of sp³-hybridized carbons (Fsp3) is 0.0625. The van der Waals surface area contributed by atoms with Crippen LogP contribution in [-0.4, -0.2) is 28.2 Å². The van der Waals surface area contributed by atoms with E-state index in [1.54, 1.807) is 6.07 Å². The summed E-state index contributed by atoms with van der Waals surface area (Å²) in [5, 5.41) is 12.8. The summed E-state index contributed by atoms with van der Waals surface area (Å²) in [5.41, 5.74) is 1.53. The zero-order valence-electron chi connectivity index (χ0n) is 12.1. The SMILES string of the molecule is CSc1sc(C(=O)O)cc1NC(=O)c1ccc2ccccc2n1. The predicted molar refractivity (Wildman–Crippen MR) is 92.8 cm³/mol. The second-order valence-corrected chi connectivity index (χ2v) is 6.79. The van der Waals surface area contributed by atoms with Crippen LogP contribution in [0.5, 0.6) is 0 Å². The molecule has 2 aromatic heterocycles. The van der Waals surface area contributed by atoms with Crippen molar-refractivity contribution in [3.63, 3.8) is 0 Å². The Morgan fingerprint density at radius 2 is 2.00 bits per heavy atom. The van der Waals surface area contributed by atoms with Gasteiger partial charge in [-0.2, -0.15) is 0 Å². The number of pyridine rings is 1. The molecule has 0 unspecified atom stereocenters. The van der Waals surface area contributed by atoms with Crippen LogP contribution in [0.2, 0.25) is 0 Å². The number of aromatic nitrogens is 1. The van der Waals surface area contributed by atoms with Crippen molar-refractivity contribution >= 4 is 51.6 Å². The molecule has 0 aliphatic carbocycles. The maximum Gasteiger partial charge on any atom is 0.345 e. The van der Waals surface area contributed by atoms with Gasteiger partial charge in [0.15, 0.2) is 0 Å². The number of thiophene rings is 1. The van der Waals surface area contributed by atoms with Gasteiger partial charge in [0.25, 0.3) is 5.91 Å². The molecule has 116 valence electrons. The van der Waals surface area contributed by atoms with Crippen LogP contribution in [0.25, 0.3) is 10.9 Å². The van der Waals surface area contributed by atoms with Crippen LogP contribution < -0.4 is 5.32 Å². The lowest BCUT2D eigenvalue weighted by Gasteiger charge is -2.05. The molecule has 3 aromatic rings. The molecule has 0 spiro atoms. The highest BCUT2D eigenvalue weighted by atomic mass is 32.2. The summed E-state index contributed by atoms with van der Waals surface area (Å²) in [6.07, 6.45) is 1.83. The van der Waals surface area contributed by atoms with Crippen molar-refractivity contribution in [1.82, 2.24) is 4.98 Å². The maximum absolute atomic E-state index is 12.4. The Hall–Kier alpha value is -2.38. The summed E-state index contributed by atoms with van der Waals surface area (Å²) in [4.78, 5) is 28.0. The Bertz CT molecular complexity index is 905. The molecule has 0 bridgehead atoms. The van der Waals surface area contributed by atoms with E-state index in [0.29, 0.717) is 11.4 Å². The fourth-order valence-corrected chi connectivity index (χ4v) is 3.71. The van der Waals surface area contributed by atoms with Crippen LogP contribution in [0.15, 0.2) is 46.7 Å². The Morgan fingerprint density at radius 3 is 2.74 bits per heavy atom. The van der Waals surface area contributed by atoms with Gasteiger partial charge in [-0.3, -0.25) is 4.79 Å². The summed E-state index contributed by atoms with van der Waals surface area (Å²) in [6, 6.07) is 12.5. The van der Waals surface area contributed by atoms with Gasteiger partial charge in [0.1, 0.15) is 10.6 Å². The number of aromatic carboxylic acids is 1. The van der Waals surface area contributed by atoms with Crippen LogP contribution in [-0.2, 0) is 0 Å². The van der Waals surface area contributed by atoms with Gasteiger partial charge in [0, 0.05) is 5.39 Å². The van der Waals surface area contributed by atoms with Crippen LogP contribution in [0, 0.1) is 0 Å². The second-order valence-electron chi connectivity index (χ2n) is 4.66. The monoisotopic (exact) mass is 344 g/mol. The Kier molecular flexibility index (Phi) is 4.31. The number of amides is 1. The average molecular weight is 344 g/mol. The van der Waals surface area contributed by atoms with Gasteiger partial charge in [-0.05, 0) is 24.5 Å². The first kappa shape index (κ1) is 15.5. The van der Waals surface area contributed by atoms with Crippen molar-refractivity contribution < 1.29 is 14.7 Å². The molecule has 23 heavy (non-hydrogen) atoms. The highest BCUT2D eigenvalue weighted by Gasteiger charge is 2.16. The number of rotatable bonds is 4. The van der Waals surface area contributed by atoms with E-state index in [2.05, 4.69) is 10.3 Å². The van der Waals surface area contributed by atoms with E-state index in [1.807, 2.05) is 36.6 Å². The van der Waals surface area contributed by atoms with E-state index in [9.17, 15) is 9.59 Å². The van der Waals surface area contributed by atoms with E-state index < -0.39 is 5.97 Å². The van der Waals surface area contributed by atoms with Crippen molar-refractivity contribution in [2.24, 2.45) is 0 Å². The van der Waals surface area contributed by atoms with Crippen molar-refractivity contribution in [3.8, 4) is 0 Å². The van der Waals surface area contributed by atoms with Gasteiger partial charge < -0.3 is 10.4 Å². The van der Waals surface area contributed by atoms with E-state index in [0.717, 1.165) is 26.4 Å². The molecule has 3 rings (SSSR count). The van der Waals surface area contributed by atoms with Gasteiger partial charge in [-0.25, -0.2) is 9.78 Å². The van der Waals surface area contributed by atoms with Crippen LogP contribution in [0.4, 0.5) is 5.69 Å². The highest BCUT2D eigenvalue weighted by Crippen LogP contribution is 2.35. The number of para-hydroxylation sites is 1. The maximum atomic E-state index is 12.4. The lowest BCUT2D eigenvalue weighted by atomic mass is 10.2. The number of nitrogens with one attached hydrogen (secondary N) is 1. The molecule has 0 atom stereocenters. The van der Waals surface area contributed by atoms with Crippen LogP contribution in [0.1, 0.15) is 20.2 Å². The molecular formula is C16H12N2O3S2. The predicted octanol–water partition coefficient (Wildman–Crippen LogP) is 3.97. The van der Waals surface area contributed by atoms with Gasteiger partial charge >= 0.3 is 5.97 Å². The molecule has 0 aliphatic heterocycles. The Morgan fingerprint density at radius 1 is 1.22 bits per heavy atom. The number of anilines is 1. The first-order valence-corrected chi connectivity index (χ1v) is 8.71. The molecule has 1 amide bonds. The number of hydrogen-bond acceptors (Lipinski definition) is 5. The Labute approximate surface area is 140 Å². The molecular weight excluding hydrogens is 332 g/mol. The van der Waals surface area contributed by atoms with Crippen LogP contribution in [0.3, 0.4) is 0 Å².